The van der Waals surface area contributed by atoms with Gasteiger partial charge in [0.05, 0.1) is 0 Å². The molecule has 0 aliphatic heterocycles. The summed E-state index contributed by atoms with van der Waals surface area (Å²) >= 11 is 0. The van der Waals surface area contributed by atoms with Crippen LogP contribution in [0.25, 0.3) is 0 Å². The largest absolute Gasteiger partial charge is 0.367 e. The molecule has 3 rings (SSSR count). The van der Waals surface area contributed by atoms with Crippen molar-refractivity contribution in [3.8, 4) is 0 Å². The van der Waals surface area contributed by atoms with E-state index >= 15 is 0 Å². The fourth-order valence-electron chi connectivity index (χ4n) is 2.32. The van der Waals surface area contributed by atoms with Crippen LogP contribution in [0, 0.1) is 5.41 Å². The third-order valence-corrected chi connectivity index (χ3v) is 3.30. The monoisotopic (exact) mass is 148 g/mol. The lowest BCUT2D eigenvalue weighted by Gasteiger charge is -2.12. The van der Waals surface area contributed by atoms with Crippen molar-refractivity contribution in [1.29, 1.82) is 0 Å². The Morgan fingerprint density at radius 2 is 2.27 bits per heavy atom. The van der Waals surface area contributed by atoms with Gasteiger partial charge in [0.1, 0.15) is 0 Å². The van der Waals surface area contributed by atoms with Crippen molar-refractivity contribution >= 4 is 0 Å². The molecule has 1 fully saturated rings. The number of aromatic nitrogens is 1. The lowest BCUT2D eigenvalue weighted by molar-refractivity contribution is 0.445. The number of hydrogen-bond donors (Lipinski definition) is 2. The van der Waals surface area contributed by atoms with E-state index in [1.165, 1.54) is 30.4 Å². The van der Waals surface area contributed by atoms with Crippen molar-refractivity contribution in [3.63, 3.8) is 0 Å². The Labute approximate surface area is 65.8 Å². The minimum atomic E-state index is 0.323. The zero-order chi connectivity index (χ0) is 7.47. The molecule has 2 aliphatic rings. The number of nitrogens with one attached hydrogen (secondary N) is 1. The van der Waals surface area contributed by atoms with Gasteiger partial charge in [0.2, 0.25) is 0 Å². The summed E-state index contributed by atoms with van der Waals surface area (Å²) in [5, 5.41) is 0. The zero-order valence-corrected chi connectivity index (χ0v) is 6.43. The van der Waals surface area contributed by atoms with Gasteiger partial charge >= 0.3 is 0 Å². The van der Waals surface area contributed by atoms with E-state index in [1.807, 2.05) is 0 Å². The highest BCUT2D eigenvalue weighted by molar-refractivity contribution is 5.38. The normalized spacial score (nSPS) is 30.8. The van der Waals surface area contributed by atoms with Gasteiger partial charge in [-0.25, -0.2) is 0 Å². The third kappa shape index (κ3) is 0.566. The number of nitrogens with two attached hydrogens (primary N) is 1. The molecule has 0 amide bonds. The maximum Gasteiger partial charge on any atom is 0.0373 e. The minimum absolute atomic E-state index is 0.323. The fraction of sp³-hybridized carbons (Fsp3) is 0.556. The average Bonchev–Trinajstić information content (AvgIpc) is 2.53. The molecule has 1 spiro atoms. The van der Waals surface area contributed by atoms with Gasteiger partial charge in [0.15, 0.2) is 0 Å². The van der Waals surface area contributed by atoms with E-state index in [-0.39, 0.29) is 0 Å². The summed E-state index contributed by atoms with van der Waals surface area (Å²) in [6.45, 7) is 0. The standard InChI is InChI=1S/C9H12N2/c10-8-7-5-11-4-6(7)3-9(8)1-2-9/h4-5,8,11H,1-3,10H2. The second kappa shape index (κ2) is 1.53. The van der Waals surface area contributed by atoms with Gasteiger partial charge in [-0.05, 0) is 35.8 Å². The molecule has 0 bridgehead atoms. The first-order valence-electron chi connectivity index (χ1n) is 4.23. The van der Waals surface area contributed by atoms with Crippen LogP contribution in [0.2, 0.25) is 0 Å². The molecule has 1 saturated carbocycles. The first-order chi connectivity index (χ1) is 5.32. The number of rotatable bonds is 0. The molecule has 1 aromatic rings. The van der Waals surface area contributed by atoms with Crippen LogP contribution >= 0.6 is 0 Å². The summed E-state index contributed by atoms with van der Waals surface area (Å²) in [5.41, 5.74) is 9.43. The molecule has 2 heteroatoms. The second-order valence-electron chi connectivity index (χ2n) is 3.95. The SMILES string of the molecule is NC1c2c[nH]cc2CC12CC2. The molecule has 0 radical (unpaired) electrons. The van der Waals surface area contributed by atoms with Crippen LogP contribution in [0.5, 0.6) is 0 Å². The van der Waals surface area contributed by atoms with Crippen molar-refractivity contribution in [3.05, 3.63) is 23.5 Å². The fourth-order valence-corrected chi connectivity index (χ4v) is 2.32. The van der Waals surface area contributed by atoms with E-state index < -0.39 is 0 Å². The summed E-state index contributed by atoms with van der Waals surface area (Å²) in [4.78, 5) is 3.12. The summed E-state index contributed by atoms with van der Waals surface area (Å²) in [7, 11) is 0. The Morgan fingerprint density at radius 3 is 2.91 bits per heavy atom. The molecule has 2 aliphatic carbocycles. The van der Waals surface area contributed by atoms with Crippen molar-refractivity contribution in [2.24, 2.45) is 11.1 Å². The highest BCUT2D eigenvalue weighted by atomic mass is 14.8. The van der Waals surface area contributed by atoms with Gasteiger partial charge in [-0.1, -0.05) is 0 Å². The first kappa shape index (κ1) is 5.84. The first-order valence-corrected chi connectivity index (χ1v) is 4.23. The molecule has 11 heavy (non-hydrogen) atoms. The van der Waals surface area contributed by atoms with Crippen molar-refractivity contribution in [1.82, 2.24) is 4.98 Å². The lowest BCUT2D eigenvalue weighted by atomic mass is 9.99. The number of hydrogen-bond acceptors (Lipinski definition) is 1. The van der Waals surface area contributed by atoms with Crippen molar-refractivity contribution in [2.75, 3.05) is 0 Å². The predicted molar refractivity (Wildman–Crippen MR) is 43.1 cm³/mol. The molecule has 0 saturated heterocycles. The van der Waals surface area contributed by atoms with Gasteiger partial charge in [-0.3, -0.25) is 0 Å². The lowest BCUT2D eigenvalue weighted by Crippen LogP contribution is -2.17. The van der Waals surface area contributed by atoms with Crippen LogP contribution in [0.3, 0.4) is 0 Å². The quantitative estimate of drug-likeness (QED) is 0.573. The van der Waals surface area contributed by atoms with Gasteiger partial charge in [-0.2, -0.15) is 0 Å². The Kier molecular flexibility index (Phi) is 0.812. The molecule has 1 heterocycles. The van der Waals surface area contributed by atoms with Crippen LogP contribution in [-0.2, 0) is 6.42 Å². The van der Waals surface area contributed by atoms with Gasteiger partial charge in [0.25, 0.3) is 0 Å². The Hall–Kier alpha value is -0.760. The smallest absolute Gasteiger partial charge is 0.0373 e. The molecule has 1 aromatic heterocycles. The summed E-state index contributed by atoms with van der Waals surface area (Å²) in [6, 6.07) is 0.323. The van der Waals surface area contributed by atoms with Crippen LogP contribution in [-0.4, -0.2) is 4.98 Å². The molecule has 3 N–H and O–H groups in total. The molecular weight excluding hydrogens is 136 g/mol. The van der Waals surface area contributed by atoms with Crippen molar-refractivity contribution < 1.29 is 0 Å². The molecule has 0 aromatic carbocycles. The van der Waals surface area contributed by atoms with Crippen LogP contribution < -0.4 is 5.73 Å². The Bertz CT molecular complexity index is 296. The van der Waals surface area contributed by atoms with E-state index in [0.717, 1.165) is 0 Å². The zero-order valence-electron chi connectivity index (χ0n) is 6.43. The van der Waals surface area contributed by atoms with Gasteiger partial charge in [-0.15, -0.1) is 0 Å². The second-order valence-corrected chi connectivity index (χ2v) is 3.95. The van der Waals surface area contributed by atoms with Gasteiger partial charge < -0.3 is 10.7 Å². The summed E-state index contributed by atoms with van der Waals surface area (Å²) in [5.74, 6) is 0. The topological polar surface area (TPSA) is 41.8 Å². The van der Waals surface area contributed by atoms with Crippen molar-refractivity contribution in [2.45, 2.75) is 25.3 Å². The van der Waals surface area contributed by atoms with E-state index in [1.54, 1.807) is 0 Å². The number of H-pyrrole nitrogens is 1. The molecule has 1 unspecified atom stereocenters. The maximum absolute atomic E-state index is 6.11. The van der Waals surface area contributed by atoms with Crippen LogP contribution in [0.4, 0.5) is 0 Å². The predicted octanol–water partition coefficient (Wildman–Crippen LogP) is 1.35. The third-order valence-electron chi connectivity index (χ3n) is 3.30. The van der Waals surface area contributed by atoms with E-state index in [9.17, 15) is 0 Å². The maximum atomic E-state index is 6.11. The molecular formula is C9H12N2. The van der Waals surface area contributed by atoms with E-state index in [4.69, 9.17) is 5.73 Å². The Morgan fingerprint density at radius 1 is 1.45 bits per heavy atom. The molecule has 2 nitrogen and oxygen atoms in total. The van der Waals surface area contributed by atoms with Crippen LogP contribution in [0.15, 0.2) is 12.4 Å². The highest BCUT2D eigenvalue weighted by Gasteiger charge is 2.53. The Balaban J connectivity index is 2.12. The average molecular weight is 148 g/mol. The van der Waals surface area contributed by atoms with E-state index in [2.05, 4.69) is 17.4 Å². The molecule has 58 valence electrons. The summed E-state index contributed by atoms with van der Waals surface area (Å²) < 4.78 is 0. The molecule has 1 atom stereocenters. The minimum Gasteiger partial charge on any atom is -0.367 e. The highest BCUT2D eigenvalue weighted by Crippen LogP contribution is 2.60. The van der Waals surface area contributed by atoms with E-state index in [0.29, 0.717) is 11.5 Å². The number of fused-ring (bicyclic) bond motifs is 1. The van der Waals surface area contributed by atoms with Crippen LogP contribution in [0.1, 0.15) is 30.0 Å². The summed E-state index contributed by atoms with van der Waals surface area (Å²) in [6.07, 6.45) is 8.05. The van der Waals surface area contributed by atoms with Gasteiger partial charge in [0, 0.05) is 18.4 Å². The number of aromatic amines is 1.